The molecule has 0 amide bonds. The zero-order valence-corrected chi connectivity index (χ0v) is 14.3. The molecule has 0 heterocycles. The molecule has 0 N–H and O–H groups in total. The Hall–Kier alpha value is -1.48. The summed E-state index contributed by atoms with van der Waals surface area (Å²) in [7, 11) is 0. The highest BCUT2D eigenvalue weighted by atomic mass is 79.9. The summed E-state index contributed by atoms with van der Waals surface area (Å²) in [6, 6.07) is 14.6. The van der Waals surface area contributed by atoms with Gasteiger partial charge in [0.05, 0.1) is 18.0 Å². The van der Waals surface area contributed by atoms with Crippen LogP contribution in [0, 0.1) is 6.92 Å². The van der Waals surface area contributed by atoms with Gasteiger partial charge in [-0.15, -0.1) is 0 Å². The monoisotopic (exact) mass is 348 g/mol. The highest BCUT2D eigenvalue weighted by Crippen LogP contribution is 2.36. The maximum absolute atomic E-state index is 5.69. The van der Waals surface area contributed by atoms with E-state index in [0.29, 0.717) is 13.2 Å². The first-order valence-corrected chi connectivity index (χ1v) is 8.17. The fourth-order valence-corrected chi connectivity index (χ4v) is 2.74. The average Bonchev–Trinajstić information content (AvgIpc) is 2.49. The van der Waals surface area contributed by atoms with Gasteiger partial charge >= 0.3 is 0 Å². The number of hydrogen-bond acceptors (Lipinski definition) is 2. The van der Waals surface area contributed by atoms with Gasteiger partial charge in [0.1, 0.15) is 0 Å². The second-order valence-electron chi connectivity index (χ2n) is 4.85. The highest BCUT2D eigenvalue weighted by molar-refractivity contribution is 9.09. The first-order chi connectivity index (χ1) is 10.2. The van der Waals surface area contributed by atoms with Gasteiger partial charge in [0.2, 0.25) is 0 Å². The Bertz CT molecular complexity index is 578. The number of ether oxygens (including phenoxy) is 2. The van der Waals surface area contributed by atoms with Gasteiger partial charge in [-0.1, -0.05) is 51.8 Å². The lowest BCUT2D eigenvalue weighted by Gasteiger charge is -2.16. The Morgan fingerprint density at radius 3 is 2.05 bits per heavy atom. The Morgan fingerprint density at radius 2 is 1.43 bits per heavy atom. The van der Waals surface area contributed by atoms with Gasteiger partial charge in [0.25, 0.3) is 0 Å². The molecule has 0 spiro atoms. The summed E-state index contributed by atoms with van der Waals surface area (Å²) in [4.78, 5) is 0.146. The smallest absolute Gasteiger partial charge is 0.161 e. The topological polar surface area (TPSA) is 18.5 Å². The molecule has 2 aromatic rings. The van der Waals surface area contributed by atoms with E-state index in [1.54, 1.807) is 0 Å². The zero-order chi connectivity index (χ0) is 15.2. The quantitative estimate of drug-likeness (QED) is 0.661. The van der Waals surface area contributed by atoms with E-state index in [2.05, 4.69) is 53.2 Å². The van der Waals surface area contributed by atoms with Crippen LogP contribution < -0.4 is 9.47 Å². The molecule has 2 aromatic carbocycles. The molecule has 21 heavy (non-hydrogen) atoms. The minimum absolute atomic E-state index is 0.146. The molecular formula is C18H21BrO2. The molecule has 0 aromatic heterocycles. The number of aryl methyl sites for hydroxylation is 1. The second-order valence-corrected chi connectivity index (χ2v) is 5.76. The summed E-state index contributed by atoms with van der Waals surface area (Å²) in [5.41, 5.74) is 3.65. The standard InChI is InChI=1S/C18H21BrO2/c1-4-20-16-11-10-15(12-17(16)21-5-2)18(19)14-8-6-13(3)7-9-14/h6-12,18H,4-5H2,1-3H3. The lowest BCUT2D eigenvalue weighted by atomic mass is 10.0. The number of halogens is 1. The summed E-state index contributed by atoms with van der Waals surface area (Å²) in [6.07, 6.45) is 0. The minimum atomic E-state index is 0.146. The van der Waals surface area contributed by atoms with Crippen LogP contribution in [0.2, 0.25) is 0 Å². The van der Waals surface area contributed by atoms with Gasteiger partial charge in [0.15, 0.2) is 11.5 Å². The second kappa shape index (κ2) is 7.51. The van der Waals surface area contributed by atoms with Crippen molar-refractivity contribution in [2.45, 2.75) is 25.6 Å². The molecule has 3 heteroatoms. The van der Waals surface area contributed by atoms with Crippen molar-refractivity contribution in [2.24, 2.45) is 0 Å². The molecule has 112 valence electrons. The highest BCUT2D eigenvalue weighted by Gasteiger charge is 2.14. The largest absolute Gasteiger partial charge is 0.490 e. The molecule has 2 nitrogen and oxygen atoms in total. The third-order valence-electron chi connectivity index (χ3n) is 3.23. The van der Waals surface area contributed by atoms with Crippen LogP contribution in [0.25, 0.3) is 0 Å². The number of rotatable bonds is 6. The first kappa shape index (κ1) is 15.9. The summed E-state index contributed by atoms with van der Waals surface area (Å²) in [6.45, 7) is 7.31. The molecular weight excluding hydrogens is 328 g/mol. The molecule has 2 rings (SSSR count). The Labute approximate surface area is 135 Å². The lowest BCUT2D eigenvalue weighted by molar-refractivity contribution is 0.287. The van der Waals surface area contributed by atoms with Crippen LogP contribution >= 0.6 is 15.9 Å². The van der Waals surface area contributed by atoms with Gasteiger partial charge < -0.3 is 9.47 Å². The minimum Gasteiger partial charge on any atom is -0.490 e. The van der Waals surface area contributed by atoms with E-state index in [1.807, 2.05) is 26.0 Å². The molecule has 0 aliphatic heterocycles. The SMILES string of the molecule is CCOc1ccc(C(Br)c2ccc(C)cc2)cc1OCC. The molecule has 0 bridgehead atoms. The molecule has 0 aliphatic carbocycles. The maximum atomic E-state index is 5.69. The summed E-state index contributed by atoms with van der Waals surface area (Å²) >= 11 is 3.77. The van der Waals surface area contributed by atoms with Crippen LogP contribution in [0.3, 0.4) is 0 Å². The number of alkyl halides is 1. The maximum Gasteiger partial charge on any atom is 0.161 e. The molecule has 0 saturated carbocycles. The van der Waals surface area contributed by atoms with Gasteiger partial charge in [-0.05, 0) is 44.0 Å². The van der Waals surface area contributed by atoms with Crippen LogP contribution in [-0.2, 0) is 0 Å². The molecule has 0 aliphatic rings. The number of benzene rings is 2. The third kappa shape index (κ3) is 4.01. The van der Waals surface area contributed by atoms with Crippen molar-refractivity contribution in [2.75, 3.05) is 13.2 Å². The summed E-state index contributed by atoms with van der Waals surface area (Å²) < 4.78 is 11.3. The van der Waals surface area contributed by atoms with Crippen LogP contribution in [-0.4, -0.2) is 13.2 Å². The van der Waals surface area contributed by atoms with Crippen molar-refractivity contribution < 1.29 is 9.47 Å². The molecule has 0 saturated heterocycles. The Balaban J connectivity index is 2.30. The fraction of sp³-hybridized carbons (Fsp3) is 0.333. The van der Waals surface area contributed by atoms with Gasteiger partial charge in [-0.2, -0.15) is 0 Å². The number of hydrogen-bond donors (Lipinski definition) is 0. The Kier molecular flexibility index (Phi) is 5.68. The van der Waals surface area contributed by atoms with Crippen molar-refractivity contribution >= 4 is 15.9 Å². The normalized spacial score (nSPS) is 12.0. The Morgan fingerprint density at radius 1 is 0.857 bits per heavy atom. The van der Waals surface area contributed by atoms with Gasteiger partial charge in [-0.25, -0.2) is 0 Å². The predicted molar refractivity (Wildman–Crippen MR) is 90.7 cm³/mol. The van der Waals surface area contributed by atoms with E-state index in [-0.39, 0.29) is 4.83 Å². The van der Waals surface area contributed by atoms with Crippen LogP contribution in [0.4, 0.5) is 0 Å². The molecule has 0 fully saturated rings. The average molecular weight is 349 g/mol. The van der Waals surface area contributed by atoms with E-state index in [9.17, 15) is 0 Å². The van der Waals surface area contributed by atoms with Crippen LogP contribution in [0.1, 0.15) is 35.4 Å². The van der Waals surface area contributed by atoms with E-state index in [4.69, 9.17) is 9.47 Å². The molecule has 1 unspecified atom stereocenters. The van der Waals surface area contributed by atoms with Crippen molar-refractivity contribution in [1.82, 2.24) is 0 Å². The lowest BCUT2D eigenvalue weighted by Crippen LogP contribution is -2.00. The van der Waals surface area contributed by atoms with E-state index < -0.39 is 0 Å². The van der Waals surface area contributed by atoms with Gasteiger partial charge in [-0.3, -0.25) is 0 Å². The van der Waals surface area contributed by atoms with Crippen LogP contribution in [0.5, 0.6) is 11.5 Å². The molecule has 1 atom stereocenters. The van der Waals surface area contributed by atoms with Crippen molar-refractivity contribution in [1.29, 1.82) is 0 Å². The van der Waals surface area contributed by atoms with Crippen LogP contribution in [0.15, 0.2) is 42.5 Å². The summed E-state index contributed by atoms with van der Waals surface area (Å²) in [5, 5.41) is 0. The van der Waals surface area contributed by atoms with E-state index in [0.717, 1.165) is 17.1 Å². The fourth-order valence-electron chi connectivity index (χ4n) is 2.15. The van der Waals surface area contributed by atoms with Gasteiger partial charge in [0, 0.05) is 0 Å². The van der Waals surface area contributed by atoms with Crippen molar-refractivity contribution in [3.05, 3.63) is 59.2 Å². The van der Waals surface area contributed by atoms with Crippen molar-refractivity contribution in [3.63, 3.8) is 0 Å². The van der Waals surface area contributed by atoms with E-state index >= 15 is 0 Å². The third-order valence-corrected chi connectivity index (χ3v) is 4.29. The van der Waals surface area contributed by atoms with E-state index in [1.165, 1.54) is 11.1 Å². The first-order valence-electron chi connectivity index (χ1n) is 7.25. The zero-order valence-electron chi connectivity index (χ0n) is 12.7. The van der Waals surface area contributed by atoms with Crippen molar-refractivity contribution in [3.8, 4) is 11.5 Å². The summed E-state index contributed by atoms with van der Waals surface area (Å²) in [5.74, 6) is 1.60. The molecule has 0 radical (unpaired) electrons. The predicted octanol–water partition coefficient (Wildman–Crippen LogP) is 5.28.